The predicted molar refractivity (Wildman–Crippen MR) is 95.0 cm³/mol. The zero-order chi connectivity index (χ0) is 19.7. The van der Waals surface area contributed by atoms with E-state index in [1.54, 1.807) is 17.9 Å². The molecule has 0 bridgehead atoms. The van der Waals surface area contributed by atoms with Crippen LogP contribution in [0.2, 0.25) is 0 Å². The Labute approximate surface area is 161 Å². The summed E-state index contributed by atoms with van der Waals surface area (Å²) in [7, 11) is -3.36. The van der Waals surface area contributed by atoms with Gasteiger partial charge in [0.25, 0.3) is 5.91 Å². The van der Waals surface area contributed by atoms with Gasteiger partial charge < -0.3 is 13.9 Å². The summed E-state index contributed by atoms with van der Waals surface area (Å²) < 4.78 is 36.3. The highest BCUT2D eigenvalue weighted by Crippen LogP contribution is 2.50. The summed E-state index contributed by atoms with van der Waals surface area (Å²) >= 11 is 0. The average molecular weight is 407 g/mol. The van der Waals surface area contributed by atoms with Gasteiger partial charge in [0, 0.05) is 43.6 Å². The van der Waals surface area contributed by atoms with Crippen LogP contribution >= 0.6 is 0 Å². The molecule has 11 heteroatoms. The minimum Gasteiger partial charge on any atom is -0.361 e. The Bertz CT molecular complexity index is 1030. The van der Waals surface area contributed by atoms with E-state index in [0.717, 1.165) is 12.8 Å². The Morgan fingerprint density at radius 3 is 2.57 bits per heavy atom. The molecule has 5 rings (SSSR count). The largest absolute Gasteiger partial charge is 0.361 e. The van der Waals surface area contributed by atoms with Crippen LogP contribution in [0.1, 0.15) is 52.6 Å². The Balaban J connectivity index is 1.40. The second-order valence-corrected chi connectivity index (χ2v) is 10.2. The third kappa shape index (κ3) is 2.84. The van der Waals surface area contributed by atoms with Gasteiger partial charge in [0.2, 0.25) is 15.9 Å². The normalized spacial score (nSPS) is 24.6. The molecule has 2 saturated heterocycles. The highest BCUT2D eigenvalue weighted by Gasteiger charge is 2.59. The van der Waals surface area contributed by atoms with Crippen molar-refractivity contribution in [3.05, 3.63) is 29.2 Å². The summed E-state index contributed by atoms with van der Waals surface area (Å²) in [6, 6.07) is 1.60. The molecular weight excluding hydrogens is 386 g/mol. The van der Waals surface area contributed by atoms with Gasteiger partial charge in [0.1, 0.15) is 5.76 Å². The molecule has 1 saturated carbocycles. The average Bonchev–Trinajstić information content (AvgIpc) is 3.03. The van der Waals surface area contributed by atoms with Gasteiger partial charge in [-0.15, -0.1) is 0 Å². The van der Waals surface area contributed by atoms with Gasteiger partial charge in [-0.25, -0.2) is 12.7 Å². The van der Waals surface area contributed by atoms with Crippen LogP contribution < -0.4 is 0 Å². The Hall–Kier alpha value is -2.27. The maximum absolute atomic E-state index is 12.6. The molecule has 10 nitrogen and oxygen atoms in total. The van der Waals surface area contributed by atoms with E-state index < -0.39 is 15.4 Å². The molecule has 0 aromatic carbocycles. The van der Waals surface area contributed by atoms with Gasteiger partial charge in [0.15, 0.2) is 11.5 Å². The first-order valence-electron chi connectivity index (χ1n) is 9.26. The van der Waals surface area contributed by atoms with Crippen molar-refractivity contribution in [2.24, 2.45) is 5.41 Å². The number of carbonyl (C=O) groups is 1. The number of hydrogen-bond acceptors (Lipinski definition) is 8. The van der Waals surface area contributed by atoms with E-state index in [0.29, 0.717) is 43.0 Å². The highest BCUT2D eigenvalue weighted by atomic mass is 32.2. The molecule has 2 aromatic rings. The zero-order valence-electron chi connectivity index (χ0n) is 15.7. The Kier molecular flexibility index (Phi) is 3.73. The molecule has 28 heavy (non-hydrogen) atoms. The number of aryl methyl sites for hydroxylation is 1. The summed E-state index contributed by atoms with van der Waals surface area (Å²) in [6.45, 7) is 3.17. The van der Waals surface area contributed by atoms with Crippen molar-refractivity contribution in [1.29, 1.82) is 0 Å². The molecule has 3 fully saturated rings. The number of aromatic nitrogens is 3. The molecule has 2 aliphatic heterocycles. The highest BCUT2D eigenvalue weighted by molar-refractivity contribution is 7.88. The number of hydrogen-bond donors (Lipinski definition) is 0. The molecule has 0 radical (unpaired) electrons. The van der Waals surface area contributed by atoms with E-state index >= 15 is 0 Å². The molecule has 3 aliphatic rings. The molecular formula is C17H21N5O5S. The van der Waals surface area contributed by atoms with Gasteiger partial charge in [-0.2, -0.15) is 4.98 Å². The van der Waals surface area contributed by atoms with Crippen LogP contribution in [0.15, 0.2) is 15.1 Å². The second-order valence-electron chi connectivity index (χ2n) is 8.22. The van der Waals surface area contributed by atoms with E-state index in [1.807, 2.05) is 0 Å². The van der Waals surface area contributed by atoms with Gasteiger partial charge >= 0.3 is 0 Å². The van der Waals surface area contributed by atoms with Crippen molar-refractivity contribution in [2.75, 3.05) is 32.4 Å². The molecule has 0 N–H and O–H groups in total. The first-order chi connectivity index (χ1) is 13.2. The van der Waals surface area contributed by atoms with E-state index in [9.17, 15) is 13.2 Å². The number of sulfonamides is 1. The molecule has 150 valence electrons. The van der Waals surface area contributed by atoms with Crippen molar-refractivity contribution in [3.63, 3.8) is 0 Å². The van der Waals surface area contributed by atoms with E-state index in [4.69, 9.17) is 9.05 Å². The lowest BCUT2D eigenvalue weighted by molar-refractivity contribution is 0.000615. The Morgan fingerprint density at radius 2 is 1.96 bits per heavy atom. The van der Waals surface area contributed by atoms with E-state index in [-0.39, 0.29) is 24.1 Å². The number of rotatable bonds is 4. The van der Waals surface area contributed by atoms with Crippen LogP contribution in [0.4, 0.5) is 0 Å². The van der Waals surface area contributed by atoms with E-state index in [2.05, 4.69) is 15.3 Å². The quantitative estimate of drug-likeness (QED) is 0.727. The lowest BCUT2D eigenvalue weighted by Crippen LogP contribution is -2.61. The van der Waals surface area contributed by atoms with Crippen molar-refractivity contribution in [2.45, 2.75) is 31.6 Å². The van der Waals surface area contributed by atoms with Gasteiger partial charge in [-0.3, -0.25) is 4.79 Å². The van der Waals surface area contributed by atoms with Crippen molar-refractivity contribution >= 4 is 15.9 Å². The first kappa shape index (κ1) is 17.8. The van der Waals surface area contributed by atoms with Crippen LogP contribution in [0, 0.1) is 12.3 Å². The fraction of sp³-hybridized carbons (Fsp3) is 0.647. The molecule has 1 atom stereocenters. The fourth-order valence-electron chi connectivity index (χ4n) is 4.22. The monoisotopic (exact) mass is 407 g/mol. The maximum Gasteiger partial charge on any atom is 0.276 e. The lowest BCUT2D eigenvalue weighted by atomic mass is 9.71. The third-order valence-electron chi connectivity index (χ3n) is 5.93. The minimum atomic E-state index is -3.36. The first-order valence-corrected chi connectivity index (χ1v) is 11.1. The summed E-state index contributed by atoms with van der Waals surface area (Å²) in [4.78, 5) is 18.8. The topological polar surface area (TPSA) is 123 Å². The molecule has 2 aromatic heterocycles. The number of likely N-dealkylation sites (tertiary alicyclic amines) is 1. The maximum atomic E-state index is 12.6. The molecule has 1 amide bonds. The zero-order valence-corrected chi connectivity index (χ0v) is 16.5. The SMILES string of the molecule is Cc1cc(C(=O)N2CC3(C2)CN(S(C)(=O)=O)CC3c2nc(C3CC3)no2)no1. The van der Waals surface area contributed by atoms with Crippen molar-refractivity contribution in [3.8, 4) is 0 Å². The van der Waals surface area contributed by atoms with Gasteiger partial charge in [-0.05, 0) is 19.8 Å². The summed E-state index contributed by atoms with van der Waals surface area (Å²) in [5.74, 6) is 1.65. The molecule has 1 spiro atoms. The molecule has 1 aliphatic carbocycles. The van der Waals surface area contributed by atoms with Crippen LogP contribution in [0.25, 0.3) is 0 Å². The number of carbonyl (C=O) groups excluding carboxylic acids is 1. The number of amides is 1. The van der Waals surface area contributed by atoms with Crippen LogP contribution in [0.5, 0.6) is 0 Å². The third-order valence-corrected chi connectivity index (χ3v) is 7.15. The van der Waals surface area contributed by atoms with Crippen LogP contribution in [-0.4, -0.2) is 71.3 Å². The van der Waals surface area contributed by atoms with E-state index in [1.165, 1.54) is 10.6 Å². The standard InChI is InChI=1S/C17H21N5O5S/c1-10-5-13(19-26-10)16(23)21-7-17(8-21)9-22(28(2,24)25)6-12(17)15-18-14(20-27-15)11-3-4-11/h5,11-12H,3-4,6-9H2,1-2H3. The van der Waals surface area contributed by atoms with Gasteiger partial charge in [-0.1, -0.05) is 10.3 Å². The summed E-state index contributed by atoms with van der Waals surface area (Å²) in [6.07, 6.45) is 3.32. The molecule has 1 unspecified atom stereocenters. The lowest BCUT2D eigenvalue weighted by Gasteiger charge is -2.49. The Morgan fingerprint density at radius 1 is 1.21 bits per heavy atom. The molecule has 4 heterocycles. The van der Waals surface area contributed by atoms with Crippen molar-refractivity contribution in [1.82, 2.24) is 24.5 Å². The van der Waals surface area contributed by atoms with Crippen LogP contribution in [0.3, 0.4) is 0 Å². The van der Waals surface area contributed by atoms with Crippen LogP contribution in [-0.2, 0) is 10.0 Å². The smallest absolute Gasteiger partial charge is 0.276 e. The fourth-order valence-corrected chi connectivity index (χ4v) is 5.13. The summed E-state index contributed by atoms with van der Waals surface area (Å²) in [5, 5.41) is 7.86. The van der Waals surface area contributed by atoms with Gasteiger partial charge in [0.05, 0.1) is 12.2 Å². The predicted octanol–water partition coefficient (Wildman–Crippen LogP) is 0.745. The summed E-state index contributed by atoms with van der Waals surface area (Å²) in [5.41, 5.74) is -0.166. The number of nitrogens with zero attached hydrogens (tertiary/aromatic N) is 5. The minimum absolute atomic E-state index is 0.219. The van der Waals surface area contributed by atoms with Crippen molar-refractivity contribution < 1.29 is 22.3 Å². The second kappa shape index (κ2) is 5.86.